The van der Waals surface area contributed by atoms with Gasteiger partial charge in [-0.1, -0.05) is 13.8 Å². The van der Waals surface area contributed by atoms with Crippen molar-refractivity contribution in [2.45, 2.75) is 51.4 Å². The van der Waals surface area contributed by atoms with Crippen LogP contribution >= 0.6 is 0 Å². The van der Waals surface area contributed by atoms with Crippen LogP contribution in [0.5, 0.6) is 0 Å². The molecule has 8 nitrogen and oxygen atoms in total. The number of aromatic amines is 1. The first-order valence-electron chi connectivity index (χ1n) is 11.0. The van der Waals surface area contributed by atoms with Crippen molar-refractivity contribution < 1.29 is 27.6 Å². The van der Waals surface area contributed by atoms with Gasteiger partial charge in [-0.05, 0) is 49.4 Å². The molecule has 0 spiro atoms. The summed E-state index contributed by atoms with van der Waals surface area (Å²) >= 11 is 0. The molecule has 1 aromatic heterocycles. The minimum absolute atomic E-state index is 0.00957. The third-order valence-electron chi connectivity index (χ3n) is 5.68. The Morgan fingerprint density at radius 1 is 1.24 bits per heavy atom. The smallest absolute Gasteiger partial charge is 0.356 e. The Kier molecular flexibility index (Phi) is 7.49. The fourth-order valence-electron chi connectivity index (χ4n) is 3.94. The van der Waals surface area contributed by atoms with Crippen LogP contribution in [-0.2, 0) is 15.8 Å². The quantitative estimate of drug-likeness (QED) is 0.466. The summed E-state index contributed by atoms with van der Waals surface area (Å²) in [4.78, 5) is 40.2. The first kappa shape index (κ1) is 25.1. The normalized spacial score (nSPS) is 17.8. The molecule has 2 aromatic rings. The molecule has 3 rings (SSSR count). The highest BCUT2D eigenvalue weighted by Crippen LogP contribution is 2.31. The summed E-state index contributed by atoms with van der Waals surface area (Å²) in [6.07, 6.45) is -3.49. The van der Waals surface area contributed by atoms with E-state index in [1.54, 1.807) is 0 Å². The number of nitrogens with zero attached hydrogens (tertiary/aromatic N) is 1. The fraction of sp³-hybridized carbons (Fsp3) is 0.478. The molecule has 0 unspecified atom stereocenters. The van der Waals surface area contributed by atoms with Crippen LogP contribution in [-0.4, -0.2) is 41.3 Å². The van der Waals surface area contributed by atoms with Crippen LogP contribution in [0.15, 0.2) is 24.3 Å². The second kappa shape index (κ2) is 10.2. The Labute approximate surface area is 194 Å². The molecule has 2 heterocycles. The van der Waals surface area contributed by atoms with E-state index in [1.165, 1.54) is 12.1 Å². The number of nitriles is 1. The van der Waals surface area contributed by atoms with Crippen LogP contribution in [0.3, 0.4) is 0 Å². The zero-order valence-corrected chi connectivity index (χ0v) is 18.8. The van der Waals surface area contributed by atoms with Gasteiger partial charge in [0.25, 0.3) is 5.91 Å². The van der Waals surface area contributed by atoms with E-state index < -0.39 is 35.6 Å². The molecule has 34 heavy (non-hydrogen) atoms. The summed E-state index contributed by atoms with van der Waals surface area (Å²) in [7, 11) is 0. The number of rotatable bonds is 8. The van der Waals surface area contributed by atoms with Gasteiger partial charge in [-0.3, -0.25) is 14.4 Å². The van der Waals surface area contributed by atoms with Crippen molar-refractivity contribution in [1.29, 1.82) is 5.26 Å². The molecule has 0 aliphatic carbocycles. The topological polar surface area (TPSA) is 127 Å². The Hall–Kier alpha value is -3.55. The van der Waals surface area contributed by atoms with Crippen molar-refractivity contribution in [3.8, 4) is 6.07 Å². The van der Waals surface area contributed by atoms with E-state index >= 15 is 0 Å². The predicted molar refractivity (Wildman–Crippen MR) is 117 cm³/mol. The van der Waals surface area contributed by atoms with E-state index in [0.29, 0.717) is 18.5 Å². The molecule has 1 aliphatic rings. The van der Waals surface area contributed by atoms with Crippen LogP contribution < -0.4 is 16.0 Å². The molecule has 11 heteroatoms. The summed E-state index contributed by atoms with van der Waals surface area (Å²) in [5.41, 5.74) is -0.473. The van der Waals surface area contributed by atoms with Crippen molar-refractivity contribution in [2.75, 3.05) is 6.54 Å². The highest BCUT2D eigenvalue weighted by Gasteiger charge is 2.32. The average Bonchev–Trinajstić information content (AvgIpc) is 3.37. The summed E-state index contributed by atoms with van der Waals surface area (Å²) in [5.74, 6) is -1.73. The molecular weight excluding hydrogens is 451 g/mol. The number of hydrogen-bond acceptors (Lipinski definition) is 4. The van der Waals surface area contributed by atoms with E-state index in [9.17, 15) is 32.8 Å². The third-order valence-corrected chi connectivity index (χ3v) is 5.68. The van der Waals surface area contributed by atoms with E-state index in [2.05, 4.69) is 20.9 Å². The molecule has 1 saturated heterocycles. The molecule has 1 aliphatic heterocycles. The van der Waals surface area contributed by atoms with Gasteiger partial charge in [0.2, 0.25) is 11.8 Å². The zero-order chi connectivity index (χ0) is 25.0. The standard InChI is InChI=1S/C23H26F3N5O3/c1-12(2)7-18(21(33)29-16(11-27)9-13-5-6-28-20(13)32)31-22(34)19-10-14-8-15(23(24,25)26)3-4-17(14)30-19/h3-4,8,10,12-13,16,18,30H,5-7,9H2,1-2H3,(H,28,32)(H,29,33)(H,31,34)/t13-,16-,18-/m0/s1. The van der Waals surface area contributed by atoms with Crippen molar-refractivity contribution in [1.82, 2.24) is 20.9 Å². The lowest BCUT2D eigenvalue weighted by molar-refractivity contribution is -0.137. The number of aromatic nitrogens is 1. The van der Waals surface area contributed by atoms with Crippen LogP contribution in [0, 0.1) is 23.2 Å². The second-order valence-corrected chi connectivity index (χ2v) is 8.84. The number of nitrogens with one attached hydrogen (secondary N) is 4. The van der Waals surface area contributed by atoms with Gasteiger partial charge in [-0.2, -0.15) is 18.4 Å². The predicted octanol–water partition coefficient (Wildman–Crippen LogP) is 2.87. The highest BCUT2D eigenvalue weighted by molar-refractivity contribution is 6.00. The lowest BCUT2D eigenvalue weighted by Gasteiger charge is -2.22. The number of carbonyl (C=O) groups excluding carboxylic acids is 3. The Bertz CT molecular complexity index is 1120. The largest absolute Gasteiger partial charge is 0.416 e. The number of fused-ring (bicyclic) bond motifs is 1. The molecule has 0 radical (unpaired) electrons. The van der Waals surface area contributed by atoms with E-state index in [-0.39, 0.29) is 41.7 Å². The first-order valence-corrected chi connectivity index (χ1v) is 11.0. The summed E-state index contributed by atoms with van der Waals surface area (Å²) in [5, 5.41) is 17.5. The highest BCUT2D eigenvalue weighted by atomic mass is 19.4. The molecular formula is C23H26F3N5O3. The number of benzene rings is 1. The van der Waals surface area contributed by atoms with Crippen LogP contribution in [0.2, 0.25) is 0 Å². The molecule has 0 bridgehead atoms. The Morgan fingerprint density at radius 2 is 1.97 bits per heavy atom. The molecule has 1 aromatic carbocycles. The molecule has 0 saturated carbocycles. The first-order chi connectivity index (χ1) is 16.0. The number of alkyl halides is 3. The number of amides is 3. The van der Waals surface area contributed by atoms with Gasteiger partial charge < -0.3 is 20.9 Å². The van der Waals surface area contributed by atoms with Gasteiger partial charge in [-0.25, -0.2) is 0 Å². The minimum atomic E-state index is -4.51. The zero-order valence-electron chi connectivity index (χ0n) is 18.8. The van der Waals surface area contributed by atoms with Crippen LogP contribution in [0.4, 0.5) is 13.2 Å². The fourth-order valence-corrected chi connectivity index (χ4v) is 3.94. The maximum absolute atomic E-state index is 13.0. The van der Waals surface area contributed by atoms with Crippen molar-refractivity contribution in [3.05, 3.63) is 35.5 Å². The van der Waals surface area contributed by atoms with Gasteiger partial charge in [0, 0.05) is 23.4 Å². The monoisotopic (exact) mass is 477 g/mol. The van der Waals surface area contributed by atoms with Crippen molar-refractivity contribution >= 4 is 28.6 Å². The maximum atomic E-state index is 13.0. The number of H-pyrrole nitrogens is 1. The van der Waals surface area contributed by atoms with E-state index in [4.69, 9.17) is 0 Å². The average molecular weight is 477 g/mol. The van der Waals surface area contributed by atoms with Gasteiger partial charge in [0.05, 0.1) is 11.6 Å². The number of halogens is 3. The Morgan fingerprint density at radius 3 is 2.56 bits per heavy atom. The minimum Gasteiger partial charge on any atom is -0.356 e. The van der Waals surface area contributed by atoms with Crippen LogP contribution in [0.25, 0.3) is 10.9 Å². The maximum Gasteiger partial charge on any atom is 0.416 e. The van der Waals surface area contributed by atoms with E-state index in [1.807, 2.05) is 19.9 Å². The molecule has 4 N–H and O–H groups in total. The van der Waals surface area contributed by atoms with Gasteiger partial charge in [0.1, 0.15) is 17.8 Å². The van der Waals surface area contributed by atoms with Crippen molar-refractivity contribution in [3.63, 3.8) is 0 Å². The second-order valence-electron chi connectivity index (χ2n) is 8.84. The van der Waals surface area contributed by atoms with Gasteiger partial charge >= 0.3 is 6.18 Å². The summed E-state index contributed by atoms with van der Waals surface area (Å²) in [6.45, 7) is 4.24. The molecule has 182 valence electrons. The lowest BCUT2D eigenvalue weighted by Crippen LogP contribution is -2.50. The SMILES string of the molecule is CC(C)C[C@H](NC(=O)c1cc2cc(C(F)(F)F)ccc2[nH]1)C(=O)N[C@H](C#N)C[C@@H]1CCNC1=O. The number of hydrogen-bond donors (Lipinski definition) is 4. The molecule has 3 atom stereocenters. The molecule has 3 amide bonds. The molecule has 1 fully saturated rings. The van der Waals surface area contributed by atoms with Crippen molar-refractivity contribution in [2.24, 2.45) is 11.8 Å². The van der Waals surface area contributed by atoms with E-state index in [0.717, 1.165) is 12.1 Å². The summed E-state index contributed by atoms with van der Waals surface area (Å²) < 4.78 is 38.9. The summed E-state index contributed by atoms with van der Waals surface area (Å²) in [6, 6.07) is 4.50. The van der Waals surface area contributed by atoms with Gasteiger partial charge in [-0.15, -0.1) is 0 Å². The van der Waals surface area contributed by atoms with Crippen LogP contribution in [0.1, 0.15) is 49.2 Å². The van der Waals surface area contributed by atoms with Gasteiger partial charge in [0.15, 0.2) is 0 Å². The Balaban J connectivity index is 1.72. The third kappa shape index (κ3) is 6.07. The number of carbonyl (C=O) groups is 3. The lowest BCUT2D eigenvalue weighted by atomic mass is 9.98.